The van der Waals surface area contributed by atoms with Crippen molar-refractivity contribution in [3.63, 3.8) is 0 Å². The highest BCUT2D eigenvalue weighted by Gasteiger charge is 2.33. The Morgan fingerprint density at radius 2 is 1.58 bits per heavy atom. The fourth-order valence-electron chi connectivity index (χ4n) is 2.88. The van der Waals surface area contributed by atoms with Gasteiger partial charge in [0, 0.05) is 12.6 Å². The molecule has 2 aromatic carbocycles. The third-order valence-electron chi connectivity index (χ3n) is 4.50. The Morgan fingerprint density at radius 3 is 2.16 bits per heavy atom. The number of methoxy groups -OCH3 is 2. The molecular formula is C20H20FNO7S2. The number of hydrogen-bond acceptors (Lipinski definition) is 7. The zero-order valence-corrected chi connectivity index (χ0v) is 18.2. The van der Waals surface area contributed by atoms with E-state index in [0.29, 0.717) is 5.75 Å². The molecule has 31 heavy (non-hydrogen) atoms. The van der Waals surface area contributed by atoms with Crippen LogP contribution in [0.1, 0.15) is 11.0 Å². The molecule has 0 spiro atoms. The van der Waals surface area contributed by atoms with Crippen LogP contribution in [0, 0.1) is 5.82 Å². The van der Waals surface area contributed by atoms with Gasteiger partial charge in [-0.05, 0) is 48.5 Å². The highest BCUT2D eigenvalue weighted by atomic mass is 32.2. The van der Waals surface area contributed by atoms with Gasteiger partial charge in [0.1, 0.15) is 16.8 Å². The van der Waals surface area contributed by atoms with Gasteiger partial charge in [0.05, 0.1) is 30.3 Å². The summed E-state index contributed by atoms with van der Waals surface area (Å²) in [5.74, 6) is -0.0114. The van der Waals surface area contributed by atoms with Crippen molar-refractivity contribution in [2.75, 3.05) is 20.8 Å². The van der Waals surface area contributed by atoms with Gasteiger partial charge in [-0.25, -0.2) is 25.9 Å². The maximum atomic E-state index is 13.2. The lowest BCUT2D eigenvalue weighted by Gasteiger charge is -2.17. The van der Waals surface area contributed by atoms with Crippen molar-refractivity contribution in [3.05, 3.63) is 72.4 Å². The van der Waals surface area contributed by atoms with Crippen LogP contribution in [0.2, 0.25) is 0 Å². The van der Waals surface area contributed by atoms with Gasteiger partial charge in [0.2, 0.25) is 10.0 Å². The van der Waals surface area contributed by atoms with Crippen molar-refractivity contribution in [2.24, 2.45) is 0 Å². The lowest BCUT2D eigenvalue weighted by molar-refractivity contribution is 0.354. The smallest absolute Gasteiger partial charge is 0.240 e. The Labute approximate surface area is 179 Å². The SMILES string of the molecule is COc1ccc(S(=O)(=O)NCC(c2ccco2)S(=O)(=O)c2ccc(F)cc2)cc1OC. The van der Waals surface area contributed by atoms with Gasteiger partial charge in [-0.2, -0.15) is 0 Å². The molecule has 1 heterocycles. The highest BCUT2D eigenvalue weighted by Crippen LogP contribution is 2.31. The molecular weight excluding hydrogens is 449 g/mol. The second-order valence-corrected chi connectivity index (χ2v) is 10.3. The fourth-order valence-corrected chi connectivity index (χ4v) is 5.63. The summed E-state index contributed by atoms with van der Waals surface area (Å²) in [6.07, 6.45) is 1.28. The number of ether oxygens (including phenoxy) is 2. The minimum Gasteiger partial charge on any atom is -0.493 e. The Bertz CT molecular complexity index is 1240. The minimum atomic E-state index is -4.10. The first kappa shape index (κ1) is 22.8. The Hall–Kier alpha value is -2.89. The van der Waals surface area contributed by atoms with Crippen LogP contribution < -0.4 is 14.2 Å². The Kier molecular flexibility index (Phi) is 6.68. The van der Waals surface area contributed by atoms with Crippen molar-refractivity contribution in [1.29, 1.82) is 0 Å². The van der Waals surface area contributed by atoms with E-state index in [-0.39, 0.29) is 21.3 Å². The summed E-state index contributed by atoms with van der Waals surface area (Å²) in [4.78, 5) is -0.303. The van der Waals surface area contributed by atoms with Crippen LogP contribution in [0.25, 0.3) is 0 Å². The standard InChI is InChI=1S/C20H20FNO7S2/c1-27-17-10-9-16(12-19(17)28-2)31(25,26)22-13-20(18-4-3-11-29-18)30(23,24)15-7-5-14(21)6-8-15/h3-12,20,22H,13H2,1-2H3. The van der Waals surface area contributed by atoms with E-state index in [2.05, 4.69) is 4.72 Å². The highest BCUT2D eigenvalue weighted by molar-refractivity contribution is 7.92. The molecule has 0 fully saturated rings. The quantitative estimate of drug-likeness (QED) is 0.480. The first-order chi connectivity index (χ1) is 14.7. The molecule has 11 heteroatoms. The third-order valence-corrected chi connectivity index (χ3v) is 8.00. The number of sulfone groups is 1. The predicted octanol–water partition coefficient (Wildman–Crippen LogP) is 2.93. The minimum absolute atomic E-state index is 0.0411. The van der Waals surface area contributed by atoms with Crippen molar-refractivity contribution in [3.8, 4) is 11.5 Å². The molecule has 0 aliphatic rings. The Morgan fingerprint density at radius 1 is 0.935 bits per heavy atom. The topological polar surface area (TPSA) is 112 Å². The predicted molar refractivity (Wildman–Crippen MR) is 110 cm³/mol. The van der Waals surface area contributed by atoms with E-state index in [9.17, 15) is 21.2 Å². The van der Waals surface area contributed by atoms with Crippen LogP contribution in [0.15, 0.2) is 75.1 Å². The second-order valence-electron chi connectivity index (χ2n) is 6.37. The van der Waals surface area contributed by atoms with Gasteiger partial charge >= 0.3 is 0 Å². The number of halogens is 1. The largest absolute Gasteiger partial charge is 0.493 e. The first-order valence-corrected chi connectivity index (χ1v) is 12.0. The molecule has 0 aliphatic heterocycles. The summed E-state index contributed by atoms with van der Waals surface area (Å²) in [5, 5.41) is -1.37. The summed E-state index contributed by atoms with van der Waals surface area (Å²) in [5.41, 5.74) is 0. The molecule has 3 rings (SSSR count). The lowest BCUT2D eigenvalue weighted by atomic mass is 10.3. The molecule has 1 unspecified atom stereocenters. The second kappa shape index (κ2) is 9.08. The van der Waals surface area contributed by atoms with Gasteiger partial charge in [-0.1, -0.05) is 0 Å². The lowest BCUT2D eigenvalue weighted by Crippen LogP contribution is -2.32. The molecule has 1 N–H and O–H groups in total. The van der Waals surface area contributed by atoms with Crippen LogP contribution in [-0.4, -0.2) is 37.6 Å². The van der Waals surface area contributed by atoms with Gasteiger partial charge in [0.25, 0.3) is 0 Å². The molecule has 0 radical (unpaired) electrons. The zero-order chi connectivity index (χ0) is 22.6. The number of nitrogens with one attached hydrogen (secondary N) is 1. The van der Waals surface area contributed by atoms with Gasteiger partial charge in [0.15, 0.2) is 21.3 Å². The van der Waals surface area contributed by atoms with E-state index in [0.717, 1.165) is 24.3 Å². The number of sulfonamides is 1. The molecule has 166 valence electrons. The van der Waals surface area contributed by atoms with Gasteiger partial charge in [-0.15, -0.1) is 0 Å². The van der Waals surface area contributed by atoms with E-state index in [1.54, 1.807) is 0 Å². The van der Waals surface area contributed by atoms with E-state index < -0.39 is 37.5 Å². The number of furan rings is 1. The van der Waals surface area contributed by atoms with Crippen molar-refractivity contribution >= 4 is 19.9 Å². The van der Waals surface area contributed by atoms with Crippen molar-refractivity contribution in [1.82, 2.24) is 4.72 Å². The van der Waals surface area contributed by atoms with Crippen LogP contribution in [0.3, 0.4) is 0 Å². The number of hydrogen-bond donors (Lipinski definition) is 1. The maximum absolute atomic E-state index is 13.2. The van der Waals surface area contributed by atoms with Crippen LogP contribution >= 0.6 is 0 Å². The summed E-state index contributed by atoms with van der Waals surface area (Å²) in [6, 6.07) is 11.2. The van der Waals surface area contributed by atoms with Gasteiger partial charge < -0.3 is 13.9 Å². The molecule has 0 saturated heterocycles. The molecule has 1 atom stereocenters. The first-order valence-electron chi connectivity index (χ1n) is 8.93. The fraction of sp³-hybridized carbons (Fsp3) is 0.200. The van der Waals surface area contributed by atoms with E-state index in [4.69, 9.17) is 13.9 Å². The van der Waals surface area contributed by atoms with Gasteiger partial charge in [-0.3, -0.25) is 0 Å². The van der Waals surface area contributed by atoms with E-state index in [1.807, 2.05) is 0 Å². The molecule has 0 aliphatic carbocycles. The van der Waals surface area contributed by atoms with Crippen LogP contribution in [0.5, 0.6) is 11.5 Å². The summed E-state index contributed by atoms with van der Waals surface area (Å²) in [6.45, 7) is -0.510. The monoisotopic (exact) mass is 469 g/mol. The normalized spacial score (nSPS) is 13.0. The summed E-state index contributed by atoms with van der Waals surface area (Å²) < 4.78 is 82.8. The number of rotatable bonds is 9. The molecule has 1 aromatic heterocycles. The van der Waals surface area contributed by atoms with E-state index in [1.165, 1.54) is 50.8 Å². The molecule has 0 saturated carbocycles. The summed E-state index contributed by atoms with van der Waals surface area (Å²) >= 11 is 0. The molecule has 8 nitrogen and oxygen atoms in total. The van der Waals surface area contributed by atoms with Crippen LogP contribution in [-0.2, 0) is 19.9 Å². The van der Waals surface area contributed by atoms with Crippen LogP contribution in [0.4, 0.5) is 4.39 Å². The van der Waals surface area contributed by atoms with Crippen molar-refractivity contribution < 1.29 is 35.1 Å². The molecule has 0 amide bonds. The average molecular weight is 470 g/mol. The third kappa shape index (κ3) is 4.89. The molecule has 3 aromatic rings. The zero-order valence-electron chi connectivity index (χ0n) is 16.6. The van der Waals surface area contributed by atoms with E-state index >= 15 is 0 Å². The molecule has 0 bridgehead atoms. The number of benzene rings is 2. The Balaban J connectivity index is 1.92. The summed E-state index contributed by atoms with van der Waals surface area (Å²) in [7, 11) is -5.43. The van der Waals surface area contributed by atoms with Crippen molar-refractivity contribution in [2.45, 2.75) is 15.0 Å². The average Bonchev–Trinajstić information content (AvgIpc) is 3.27. The maximum Gasteiger partial charge on any atom is 0.240 e.